The van der Waals surface area contributed by atoms with Crippen LogP contribution in [0.4, 0.5) is 0 Å². The fourth-order valence-corrected chi connectivity index (χ4v) is 0. The van der Waals surface area contributed by atoms with Crippen molar-refractivity contribution in [3.05, 3.63) is 0 Å². The van der Waals surface area contributed by atoms with Crippen LogP contribution in [0.5, 0.6) is 0 Å². The van der Waals surface area contributed by atoms with Gasteiger partial charge in [-0.25, -0.2) is 0 Å². The van der Waals surface area contributed by atoms with Crippen LogP contribution in [0.25, 0.3) is 0 Å². The summed E-state index contributed by atoms with van der Waals surface area (Å²) in [6.07, 6.45) is 0. The number of halogens is 2. The maximum atomic E-state index is 5.03. The summed E-state index contributed by atoms with van der Waals surface area (Å²) < 4.78 is 9.69. The molecule has 0 radical (unpaired) electrons. The zero-order chi connectivity index (χ0) is 4.50. The Labute approximate surface area is 62.4 Å². The first-order valence-electron chi connectivity index (χ1n) is 0.604. The summed E-state index contributed by atoms with van der Waals surface area (Å²) in [6, 6.07) is 0. The molecular weight excluding hydrogens is 489 g/mol. The Balaban J connectivity index is 0. The van der Waals surface area contributed by atoms with E-state index in [0.29, 0.717) is 0 Å². The molecule has 0 unspecified atom stereocenters. The molecule has 0 atom stereocenters. The summed E-state index contributed by atoms with van der Waals surface area (Å²) in [4.78, 5) is 0. The van der Waals surface area contributed by atoms with E-state index in [9.17, 15) is 0 Å². The molecule has 0 bridgehead atoms. The first-order chi connectivity index (χ1) is 2.00. The average molecular weight is 493 g/mol. The van der Waals surface area contributed by atoms with Gasteiger partial charge in [0.05, 0.1) is 0 Å². The van der Waals surface area contributed by atoms with Crippen LogP contribution in [-0.4, -0.2) is 0 Å². The van der Waals surface area contributed by atoms with Gasteiger partial charge >= 0.3 is 41.9 Å². The number of nitrogens with two attached hydrogens (primary N) is 2. The van der Waals surface area contributed by atoms with E-state index in [1.807, 2.05) is 0 Å². The zero-order valence-electron chi connectivity index (χ0n) is 2.54. The first kappa shape index (κ1) is 10.8. The van der Waals surface area contributed by atoms with Gasteiger partial charge in [-0.15, -0.1) is 0 Å². The minimum atomic E-state index is -3.00. The molecule has 0 heterocycles. The van der Waals surface area contributed by atoms with Crippen LogP contribution in [0.15, 0.2) is 0 Å². The molecular formula is H4Cl2N2Pt2. The number of hydrogen-bond donors (Lipinski definition) is 2. The second kappa shape index (κ2) is 3.83. The van der Waals surface area contributed by atoms with Crippen molar-refractivity contribution in [2.45, 2.75) is 0 Å². The van der Waals surface area contributed by atoms with Gasteiger partial charge in [-0.3, -0.25) is 0 Å². The summed E-state index contributed by atoms with van der Waals surface area (Å²) in [6.45, 7) is 0. The molecule has 0 aliphatic rings. The number of hydrogen-bond acceptors (Lipinski definition) is 2. The van der Waals surface area contributed by atoms with Gasteiger partial charge in [0.15, 0.2) is 0 Å². The van der Waals surface area contributed by atoms with Crippen LogP contribution < -0.4 is 8.58 Å². The third-order valence-electron chi connectivity index (χ3n) is 0. The normalized spacial score (nSPS) is 12.7. The second-order valence-electron chi connectivity index (χ2n) is 0.427. The van der Waals surface area contributed by atoms with Gasteiger partial charge in [0.1, 0.15) is 0 Å². The van der Waals surface area contributed by atoms with E-state index >= 15 is 0 Å². The van der Waals surface area contributed by atoms with Crippen molar-refractivity contribution in [3.63, 3.8) is 0 Å². The van der Waals surface area contributed by atoms with E-state index < -0.39 is 14.5 Å². The summed E-state index contributed by atoms with van der Waals surface area (Å²) in [5.74, 6) is 0. The van der Waals surface area contributed by atoms with Crippen molar-refractivity contribution in [1.82, 2.24) is 0 Å². The molecule has 0 saturated heterocycles. The minimum absolute atomic E-state index is 0. The van der Waals surface area contributed by atoms with Gasteiger partial charge < -0.3 is 0 Å². The molecule has 6 heavy (non-hydrogen) atoms. The Bertz CT molecular complexity index is 25.0. The molecule has 2 nitrogen and oxygen atoms in total. The summed E-state index contributed by atoms with van der Waals surface area (Å²) in [5.41, 5.74) is 0. The van der Waals surface area contributed by atoms with Crippen molar-refractivity contribution in [3.8, 4) is 0 Å². The van der Waals surface area contributed by atoms with Crippen LogP contribution >= 0.6 is 18.8 Å². The maximum Gasteiger partial charge on any atom is 0 e. The monoisotopic (exact) mass is 492 g/mol. The van der Waals surface area contributed by atoms with E-state index in [4.69, 9.17) is 27.4 Å². The van der Waals surface area contributed by atoms with Gasteiger partial charge in [0, 0.05) is 21.1 Å². The quantitative estimate of drug-likeness (QED) is 0.507. The Morgan fingerprint density at radius 3 is 1.17 bits per heavy atom. The van der Waals surface area contributed by atoms with E-state index in [2.05, 4.69) is 0 Å². The van der Waals surface area contributed by atoms with Crippen molar-refractivity contribution >= 4 is 18.8 Å². The smallest absolute Gasteiger partial charge is 0 e. The standard InChI is InChI=1S/2ClH.2H2N.2Pt/h2*1H;2*1H2;;/q;;2*-1;;+4/p-2. The van der Waals surface area contributed by atoms with Gasteiger partial charge in [-0.1, -0.05) is 0 Å². The van der Waals surface area contributed by atoms with Crippen LogP contribution in [0.2, 0.25) is 0 Å². The van der Waals surface area contributed by atoms with Gasteiger partial charge in [-0.05, 0) is 0 Å². The van der Waals surface area contributed by atoms with Gasteiger partial charge in [-0.2, -0.15) is 0 Å². The molecule has 0 aromatic rings. The van der Waals surface area contributed by atoms with E-state index in [-0.39, 0.29) is 21.1 Å². The largest absolute Gasteiger partial charge is 0 e. The summed E-state index contributed by atoms with van der Waals surface area (Å²) in [5, 5.41) is 0. The van der Waals surface area contributed by atoms with Crippen molar-refractivity contribution in [1.29, 1.82) is 0 Å². The fourth-order valence-electron chi connectivity index (χ4n) is 0. The molecule has 4 N–H and O–H groups in total. The molecule has 48 valence electrons. The third-order valence-corrected chi connectivity index (χ3v) is 0. The Kier molecular flexibility index (Phi) is 6.88. The van der Waals surface area contributed by atoms with Crippen molar-refractivity contribution in [2.75, 3.05) is 0 Å². The van der Waals surface area contributed by atoms with Crippen molar-refractivity contribution in [2.24, 2.45) is 8.58 Å². The molecule has 6 heteroatoms. The second-order valence-corrected chi connectivity index (χ2v) is 11.0. The SMILES string of the molecule is [NH2][Pt]([NH2])([Cl])[Cl].[Pt]. The fraction of sp³-hybridized carbons (Fsp3) is 0. The summed E-state index contributed by atoms with van der Waals surface area (Å²) >= 11 is -3.00. The molecule has 0 aromatic heterocycles. The molecule has 0 amide bonds. The van der Waals surface area contributed by atoms with Gasteiger partial charge in [0.25, 0.3) is 0 Å². The Morgan fingerprint density at radius 1 is 1.17 bits per heavy atom. The predicted octanol–water partition coefficient (Wildman–Crippen LogP) is 0.193. The molecule has 0 aromatic carbocycles. The summed E-state index contributed by atoms with van der Waals surface area (Å²) in [7, 11) is 10.1. The van der Waals surface area contributed by atoms with E-state index in [1.165, 1.54) is 0 Å². The Morgan fingerprint density at radius 2 is 1.17 bits per heavy atom. The van der Waals surface area contributed by atoms with Crippen LogP contribution in [0.3, 0.4) is 0 Å². The topological polar surface area (TPSA) is 52.0 Å². The van der Waals surface area contributed by atoms with Crippen LogP contribution in [0.1, 0.15) is 0 Å². The molecule has 0 aliphatic heterocycles. The molecule has 0 spiro atoms. The Hall–Kier alpha value is 1.88. The molecule has 0 rings (SSSR count). The zero-order valence-corrected chi connectivity index (χ0v) is 8.60. The first-order valence-corrected chi connectivity index (χ1v) is 8.86. The van der Waals surface area contributed by atoms with E-state index in [1.54, 1.807) is 0 Å². The minimum Gasteiger partial charge on any atom is 0 e. The third kappa shape index (κ3) is 39.7. The maximum absolute atomic E-state index is 5.03. The molecule has 0 saturated carbocycles. The van der Waals surface area contributed by atoms with E-state index in [0.717, 1.165) is 0 Å². The van der Waals surface area contributed by atoms with Gasteiger partial charge in [0.2, 0.25) is 0 Å². The molecule has 0 fully saturated rings. The molecule has 0 aliphatic carbocycles. The van der Waals surface area contributed by atoms with Crippen LogP contribution in [-0.2, 0) is 35.5 Å². The van der Waals surface area contributed by atoms with Crippen molar-refractivity contribution < 1.29 is 35.5 Å². The number of rotatable bonds is 0. The predicted molar refractivity (Wildman–Crippen MR) is 20.1 cm³/mol. The average Bonchev–Trinajstić information content (AvgIpc) is 0.722. The van der Waals surface area contributed by atoms with Crippen LogP contribution in [0, 0.1) is 0 Å².